The van der Waals surface area contributed by atoms with Crippen LogP contribution in [0.5, 0.6) is 0 Å². The molecule has 0 saturated heterocycles. The van der Waals surface area contributed by atoms with E-state index in [1.54, 1.807) is 0 Å². The van der Waals surface area contributed by atoms with Gasteiger partial charge in [0.25, 0.3) is 0 Å². The zero-order valence-electron chi connectivity index (χ0n) is 10.7. The predicted octanol–water partition coefficient (Wildman–Crippen LogP) is 4.30. The minimum Gasteiger partial charge on any atom is -0.304 e. The maximum Gasteiger partial charge on any atom is 0.0429 e. The average Bonchev–Trinajstić information content (AvgIpc) is 2.92. The lowest BCUT2D eigenvalue weighted by molar-refractivity contribution is 0.588. The molecule has 1 aromatic heterocycles. The Kier molecular flexibility index (Phi) is 3.46. The summed E-state index contributed by atoms with van der Waals surface area (Å²) in [6.45, 7) is 5.37. The van der Waals surface area contributed by atoms with Crippen molar-refractivity contribution in [2.45, 2.75) is 31.3 Å². The van der Waals surface area contributed by atoms with Crippen LogP contribution in [0.25, 0.3) is 0 Å². The number of hydrogen-bond donors (Lipinski definition) is 1. The molecule has 3 heteroatoms. The average molecular weight is 275 g/mol. The smallest absolute Gasteiger partial charge is 0.0429 e. The van der Waals surface area contributed by atoms with Gasteiger partial charge in [-0.2, -0.15) is 0 Å². The fourth-order valence-electron chi connectivity index (χ4n) is 2.29. The Bertz CT molecular complexity index is 540. The molecule has 0 radical (unpaired) electrons. The van der Waals surface area contributed by atoms with Gasteiger partial charge in [-0.1, -0.05) is 18.2 Å². The first-order valence-electron chi connectivity index (χ1n) is 6.25. The second-order valence-corrected chi connectivity index (χ2v) is 7.14. The van der Waals surface area contributed by atoms with Crippen LogP contribution in [-0.4, -0.2) is 5.75 Å². The Hall–Kier alpha value is -0.770. The van der Waals surface area contributed by atoms with Gasteiger partial charge in [0.05, 0.1) is 0 Å². The van der Waals surface area contributed by atoms with Crippen LogP contribution in [0.4, 0.5) is 0 Å². The van der Waals surface area contributed by atoms with E-state index in [1.165, 1.54) is 25.8 Å². The summed E-state index contributed by atoms with van der Waals surface area (Å²) in [6.07, 6.45) is 0. The van der Waals surface area contributed by atoms with Crippen LogP contribution in [0.2, 0.25) is 0 Å². The number of aryl methyl sites for hydroxylation is 2. The van der Waals surface area contributed by atoms with Crippen molar-refractivity contribution in [1.82, 2.24) is 5.32 Å². The Morgan fingerprint density at radius 1 is 1.28 bits per heavy atom. The number of thiophene rings is 1. The molecule has 1 atom stereocenters. The first-order valence-corrected chi connectivity index (χ1v) is 8.05. The molecule has 1 aliphatic rings. The predicted molar refractivity (Wildman–Crippen MR) is 80.5 cm³/mol. The van der Waals surface area contributed by atoms with E-state index in [4.69, 9.17) is 0 Å². The van der Waals surface area contributed by atoms with E-state index in [1.807, 2.05) is 23.1 Å². The molecule has 2 heterocycles. The van der Waals surface area contributed by atoms with Crippen molar-refractivity contribution in [3.63, 3.8) is 0 Å². The number of fused-ring (bicyclic) bond motifs is 1. The van der Waals surface area contributed by atoms with E-state index in [-0.39, 0.29) is 0 Å². The normalized spacial score (nSPS) is 18.0. The molecule has 18 heavy (non-hydrogen) atoms. The molecule has 1 unspecified atom stereocenters. The topological polar surface area (TPSA) is 12.0 Å². The van der Waals surface area contributed by atoms with Crippen molar-refractivity contribution in [2.75, 3.05) is 5.75 Å². The molecule has 94 valence electrons. The molecule has 0 fully saturated rings. The molecule has 1 N–H and O–H groups in total. The minimum absolute atomic E-state index is 0.508. The fraction of sp³-hybridized carbons (Fsp3) is 0.333. The van der Waals surface area contributed by atoms with Crippen molar-refractivity contribution in [1.29, 1.82) is 0 Å². The van der Waals surface area contributed by atoms with E-state index in [0.29, 0.717) is 6.04 Å². The quantitative estimate of drug-likeness (QED) is 0.896. The Balaban J connectivity index is 1.68. The molecule has 1 aliphatic heterocycles. The summed E-state index contributed by atoms with van der Waals surface area (Å²) < 4.78 is 0. The third kappa shape index (κ3) is 2.35. The second-order valence-electron chi connectivity index (χ2n) is 4.73. The number of nitrogens with one attached hydrogen (secondary N) is 1. The monoisotopic (exact) mass is 275 g/mol. The highest BCUT2D eigenvalue weighted by atomic mass is 32.2. The van der Waals surface area contributed by atoms with Crippen molar-refractivity contribution in [2.24, 2.45) is 0 Å². The summed E-state index contributed by atoms with van der Waals surface area (Å²) >= 11 is 3.87. The Labute approximate surface area is 117 Å². The molecule has 0 aliphatic carbocycles. The maximum atomic E-state index is 3.68. The van der Waals surface area contributed by atoms with Crippen LogP contribution in [-0.2, 0) is 6.54 Å². The van der Waals surface area contributed by atoms with Crippen LogP contribution in [0, 0.1) is 13.8 Å². The highest BCUT2D eigenvalue weighted by Gasteiger charge is 2.21. The lowest BCUT2D eigenvalue weighted by Crippen LogP contribution is -2.19. The van der Waals surface area contributed by atoms with Crippen molar-refractivity contribution in [3.05, 3.63) is 51.2 Å². The zero-order chi connectivity index (χ0) is 12.5. The molecule has 3 rings (SSSR count). The van der Waals surface area contributed by atoms with Crippen molar-refractivity contribution >= 4 is 23.1 Å². The fourth-order valence-corrected chi connectivity index (χ4v) is 4.49. The minimum atomic E-state index is 0.508. The van der Waals surface area contributed by atoms with Crippen LogP contribution in [0.1, 0.15) is 26.9 Å². The summed E-state index contributed by atoms with van der Waals surface area (Å²) in [5.74, 6) is 1.16. The Morgan fingerprint density at radius 2 is 2.11 bits per heavy atom. The molecule has 0 amide bonds. The van der Waals surface area contributed by atoms with E-state index in [9.17, 15) is 0 Å². The van der Waals surface area contributed by atoms with Gasteiger partial charge in [-0.05, 0) is 37.1 Å². The van der Waals surface area contributed by atoms with E-state index in [0.717, 1.165) is 12.3 Å². The molecule has 1 nitrogen and oxygen atoms in total. The molecule has 0 spiro atoms. The highest BCUT2D eigenvalue weighted by molar-refractivity contribution is 7.99. The number of benzene rings is 1. The summed E-state index contributed by atoms with van der Waals surface area (Å²) in [4.78, 5) is 4.32. The Morgan fingerprint density at radius 3 is 2.89 bits per heavy atom. The summed E-state index contributed by atoms with van der Waals surface area (Å²) in [5, 5.41) is 3.68. The number of hydrogen-bond acceptors (Lipinski definition) is 3. The lowest BCUT2D eigenvalue weighted by atomic mass is 10.1. The molecule has 0 bridgehead atoms. The van der Waals surface area contributed by atoms with Crippen molar-refractivity contribution < 1.29 is 0 Å². The largest absolute Gasteiger partial charge is 0.304 e. The third-order valence-electron chi connectivity index (χ3n) is 3.44. The molecule has 2 aromatic rings. The van der Waals surface area contributed by atoms with Gasteiger partial charge in [-0.25, -0.2) is 0 Å². The highest BCUT2D eigenvalue weighted by Crippen LogP contribution is 2.38. The second kappa shape index (κ2) is 5.08. The zero-order valence-corrected chi connectivity index (χ0v) is 12.3. The van der Waals surface area contributed by atoms with Crippen LogP contribution >= 0.6 is 23.1 Å². The standard InChI is InChI=1S/C15H17NS2/c1-10-7-12(18-11(10)2)8-16-14-9-17-15-6-4-3-5-13(14)15/h3-7,14,16H,8-9H2,1-2H3. The molecule has 0 saturated carbocycles. The van der Waals surface area contributed by atoms with Crippen LogP contribution < -0.4 is 5.32 Å². The van der Waals surface area contributed by atoms with Gasteiger partial charge < -0.3 is 5.32 Å². The third-order valence-corrected chi connectivity index (χ3v) is 5.77. The van der Waals surface area contributed by atoms with Gasteiger partial charge in [-0.3, -0.25) is 0 Å². The maximum absolute atomic E-state index is 3.68. The molecular formula is C15H17NS2. The number of rotatable bonds is 3. The van der Waals surface area contributed by atoms with E-state index < -0.39 is 0 Å². The van der Waals surface area contributed by atoms with Gasteiger partial charge in [0.2, 0.25) is 0 Å². The van der Waals surface area contributed by atoms with Crippen molar-refractivity contribution in [3.8, 4) is 0 Å². The molecular weight excluding hydrogens is 258 g/mol. The first-order chi connectivity index (χ1) is 8.74. The van der Waals surface area contributed by atoms with E-state index >= 15 is 0 Å². The molecule has 1 aromatic carbocycles. The van der Waals surface area contributed by atoms with Gasteiger partial charge in [0, 0.05) is 33.0 Å². The van der Waals surface area contributed by atoms with Gasteiger partial charge >= 0.3 is 0 Å². The van der Waals surface area contributed by atoms with Gasteiger partial charge in [0.1, 0.15) is 0 Å². The van der Waals surface area contributed by atoms with Gasteiger partial charge in [-0.15, -0.1) is 23.1 Å². The number of thioether (sulfide) groups is 1. The van der Waals surface area contributed by atoms with E-state index in [2.05, 4.69) is 49.5 Å². The SMILES string of the molecule is Cc1cc(CNC2CSc3ccccc32)sc1C. The van der Waals surface area contributed by atoms with Crippen LogP contribution in [0.15, 0.2) is 35.2 Å². The summed E-state index contributed by atoms with van der Waals surface area (Å²) in [7, 11) is 0. The lowest BCUT2D eigenvalue weighted by Gasteiger charge is -2.12. The summed E-state index contributed by atoms with van der Waals surface area (Å²) in [6, 6.07) is 11.5. The first kappa shape index (κ1) is 12.3. The van der Waals surface area contributed by atoms with Gasteiger partial charge in [0.15, 0.2) is 0 Å². The van der Waals surface area contributed by atoms with Crippen LogP contribution in [0.3, 0.4) is 0 Å². The summed E-state index contributed by atoms with van der Waals surface area (Å²) in [5.41, 5.74) is 2.88.